The van der Waals surface area contributed by atoms with Crippen LogP contribution in [-0.4, -0.2) is 147 Å². The molecule has 2 N–H and O–H groups in total. The second kappa shape index (κ2) is 43.4. The van der Waals surface area contributed by atoms with Crippen molar-refractivity contribution in [2.75, 3.05) is 33.1 Å². The first-order chi connectivity index (χ1) is 38.2. The van der Waals surface area contributed by atoms with E-state index in [2.05, 4.69) is 312 Å². The van der Waals surface area contributed by atoms with Gasteiger partial charge in [-0.25, -0.2) is 9.13 Å². The third-order valence-corrected chi connectivity index (χ3v) is 12.6. The number of aliphatic carboxylic acids is 2. The Labute approximate surface area is 532 Å². The molecule has 0 aliphatic carbocycles. The third kappa shape index (κ3) is 32.6. The molecule has 2 aromatic heterocycles. The molecule has 0 amide bonds. The van der Waals surface area contributed by atoms with E-state index < -0.39 is 11.9 Å². The maximum absolute atomic E-state index is 9.00. The van der Waals surface area contributed by atoms with Crippen molar-refractivity contribution < 1.29 is 71.1 Å². The van der Waals surface area contributed by atoms with Crippen LogP contribution in [0.5, 0.6) is 0 Å². The predicted molar refractivity (Wildman–Crippen MR) is 325 cm³/mol. The van der Waals surface area contributed by atoms with Crippen molar-refractivity contribution in [3.63, 3.8) is 0 Å². The van der Waals surface area contributed by atoms with Crippen LogP contribution < -0.4 is 9.13 Å². The van der Waals surface area contributed by atoms with Crippen LogP contribution in [0.2, 0.25) is 0 Å². The van der Waals surface area contributed by atoms with E-state index in [-0.39, 0.29) is 49.6 Å². The Kier molecular flexibility index (Phi) is 40.7. The Morgan fingerprint density at radius 2 is 0.639 bits per heavy atom. The number of hydrogen-bond acceptors (Lipinski definition) is 14. The molecule has 0 aromatic carbocycles. The Morgan fingerprint density at radius 1 is 0.410 bits per heavy atom. The number of hydrogen-bond donors (Lipinski definition) is 2. The normalized spacial score (nSPS) is 15.3. The second-order valence-corrected chi connectivity index (χ2v) is 21.6. The smallest absolute Gasteiger partial charge is 0.508 e. The fourth-order valence-electron chi connectivity index (χ4n) is 7.94. The molecule has 6 aliphatic rings. The van der Waals surface area contributed by atoms with Gasteiger partial charge in [-0.15, -0.1) is 0 Å². The molecule has 474 valence electrons. The van der Waals surface area contributed by atoms with Gasteiger partial charge in [-0.1, -0.05) is 60.8 Å². The van der Waals surface area contributed by atoms with Crippen molar-refractivity contribution >= 4 is 11.9 Å². The van der Waals surface area contributed by atoms with Crippen LogP contribution >= 0.6 is 0 Å². The van der Waals surface area contributed by atoms with Crippen molar-refractivity contribution in [2.24, 2.45) is 0 Å². The molecular weight excluding hydrogens is 1410 g/mol. The molecule has 20 nitrogen and oxygen atoms in total. The molecule has 8 heterocycles. The molecule has 0 atom stereocenters. The zero-order valence-electron chi connectivity index (χ0n) is 52.0. The van der Waals surface area contributed by atoms with Gasteiger partial charge in [-0.3, -0.25) is 9.59 Å². The number of unbranched alkanes of at least 4 members (excludes halogenated alkanes) is 4. The van der Waals surface area contributed by atoms with E-state index in [1.165, 1.54) is 51.4 Å². The van der Waals surface area contributed by atoms with Gasteiger partial charge in [0.2, 0.25) is 19.3 Å². The predicted octanol–water partition coefficient (Wildman–Crippen LogP) is 10.1. The molecule has 0 spiro atoms. The minimum Gasteiger partial charge on any atom is -0.508 e. The third-order valence-electron chi connectivity index (χ3n) is 12.6. The first-order valence-electron chi connectivity index (χ1n) is 29.1. The van der Waals surface area contributed by atoms with E-state index in [0.717, 1.165) is 66.7 Å². The largest absolute Gasteiger partial charge is 4.00 e. The number of nitrogens with zero attached hydrogens (tertiary/aromatic N) is 16. The minimum absolute atomic E-state index is 0. The SMILES string of the molecule is C.CC(=O)O.CC(=O)O.CC(C)N1C=CN(CN2C=CN(C(C)C)[CH-]2)[CH-]1.CC(C)N1C=CN(CN2C=CN(C(C)C)[CH-]2)[CH-]1.CCCCN1C=CN(CN2C=CN(CCCC)[CH-]2)[CH-]1.CCCCn1cc[n+](C[n+]2ccn(CCCC)c2)c1.[Pt+2].[Pt+4]. The zero-order chi connectivity index (χ0) is 59.0. The number of carboxylic acids is 2. The molecule has 0 saturated heterocycles. The number of rotatable bonds is 24. The summed E-state index contributed by atoms with van der Waals surface area (Å²) in [7, 11) is 0. The van der Waals surface area contributed by atoms with Gasteiger partial charge in [-0.05, 0) is 193 Å². The van der Waals surface area contributed by atoms with E-state index in [4.69, 9.17) is 19.8 Å². The average Bonchev–Trinajstić information content (AvgIpc) is 4.26. The number of carboxylic acid groups (broad SMARTS) is 2. The molecule has 0 unspecified atom stereocenters. The van der Waals surface area contributed by atoms with E-state index >= 15 is 0 Å². The molecule has 2 aromatic rings. The summed E-state index contributed by atoms with van der Waals surface area (Å²) >= 11 is 0. The first-order valence-corrected chi connectivity index (χ1v) is 29.1. The van der Waals surface area contributed by atoms with Crippen LogP contribution in [0, 0.1) is 40.0 Å². The van der Waals surface area contributed by atoms with Crippen LogP contribution in [0.3, 0.4) is 0 Å². The van der Waals surface area contributed by atoms with Crippen molar-refractivity contribution in [1.82, 2.24) is 67.9 Å². The van der Waals surface area contributed by atoms with Gasteiger partial charge in [0.05, 0.1) is 13.1 Å². The minimum atomic E-state index is -0.833. The van der Waals surface area contributed by atoms with Gasteiger partial charge in [0.1, 0.15) is 24.8 Å². The topological polar surface area (TPSA) is 131 Å². The molecular formula is C61H108N16O4Pt2+2. The monoisotopic (exact) mass is 1520 g/mol. The van der Waals surface area contributed by atoms with Gasteiger partial charge < -0.3 is 69.0 Å². The van der Waals surface area contributed by atoms with Crippen molar-refractivity contribution in [2.45, 2.75) is 200 Å². The second-order valence-electron chi connectivity index (χ2n) is 21.6. The molecule has 6 aliphatic heterocycles. The van der Waals surface area contributed by atoms with Gasteiger partial charge in [0.25, 0.3) is 11.9 Å². The Morgan fingerprint density at radius 3 is 0.880 bits per heavy atom. The molecule has 83 heavy (non-hydrogen) atoms. The van der Waals surface area contributed by atoms with Crippen LogP contribution in [-0.2, 0) is 71.5 Å². The number of aryl methyl sites for hydroxylation is 2. The summed E-state index contributed by atoms with van der Waals surface area (Å²) in [5.41, 5.74) is 0. The average molecular weight is 1520 g/mol. The van der Waals surface area contributed by atoms with Crippen LogP contribution in [0.15, 0.2) is 112 Å². The summed E-state index contributed by atoms with van der Waals surface area (Å²) in [6.07, 6.45) is 48.4. The van der Waals surface area contributed by atoms with E-state index in [1.807, 2.05) is 0 Å². The van der Waals surface area contributed by atoms with Gasteiger partial charge in [-0.2, -0.15) is 49.1 Å². The molecule has 8 rings (SSSR count). The number of imidazole rings is 2. The summed E-state index contributed by atoms with van der Waals surface area (Å²) in [5, 5.41) is 14.8. The van der Waals surface area contributed by atoms with Crippen LogP contribution in [0.25, 0.3) is 0 Å². The first kappa shape index (κ1) is 77.8. The number of aromatic nitrogens is 4. The Balaban J connectivity index is 0.00000102. The summed E-state index contributed by atoms with van der Waals surface area (Å²) in [6, 6.07) is 2.06. The zero-order valence-corrected chi connectivity index (χ0v) is 56.5. The van der Waals surface area contributed by atoms with Gasteiger partial charge in [0, 0.05) is 33.9 Å². The Bertz CT molecular complexity index is 1980. The van der Waals surface area contributed by atoms with Crippen molar-refractivity contribution in [3.8, 4) is 0 Å². The summed E-state index contributed by atoms with van der Waals surface area (Å²) < 4.78 is 8.97. The van der Waals surface area contributed by atoms with Crippen molar-refractivity contribution in [1.29, 1.82) is 0 Å². The fourth-order valence-corrected chi connectivity index (χ4v) is 7.94. The van der Waals surface area contributed by atoms with Gasteiger partial charge >= 0.3 is 42.1 Å². The van der Waals surface area contributed by atoms with Crippen LogP contribution in [0.4, 0.5) is 0 Å². The summed E-state index contributed by atoms with van der Waals surface area (Å²) in [4.78, 5) is 44.5. The maximum atomic E-state index is 9.00. The maximum Gasteiger partial charge on any atom is 4.00 e. The van der Waals surface area contributed by atoms with E-state index in [1.54, 1.807) is 0 Å². The molecule has 0 fully saturated rings. The summed E-state index contributed by atoms with van der Waals surface area (Å²) in [6.45, 7) is 49.5. The van der Waals surface area contributed by atoms with Gasteiger partial charge in [0.15, 0.2) is 0 Å². The molecule has 0 bridgehead atoms. The summed E-state index contributed by atoms with van der Waals surface area (Å²) in [5.74, 6) is -1.67. The van der Waals surface area contributed by atoms with Crippen LogP contribution in [0.1, 0.15) is 156 Å². The molecule has 0 radical (unpaired) electrons. The quantitative estimate of drug-likeness (QED) is 0.0763. The fraction of sp³-hybridized carbons (Fsp3) is 0.574. The standard InChI is InChI=1S/2C15H26N4.2C13H22N4.2C2H4O2.CH4.2Pt/c2*1-3-5-7-16-9-11-18(13-16)15-19-12-10-17(14-19)8-6-4-2;2*1-12(2)16-7-5-14(10-16)9-15-6-8-17(11-15)13(3)4;2*1-2(3)4;;;/h2*9-14H,3-8,15H2,1-2H3;2*5-8,10-13H,9H2,1-4H3;2*1H3,(H,3,4);1H4;;/q-2;+2;2*-2;;;;+2;+4. The van der Waals surface area contributed by atoms with Crippen molar-refractivity contribution in [3.05, 3.63) is 152 Å². The number of carbonyl (C=O) groups is 2. The molecule has 22 heteroatoms. The Hall–Kier alpha value is -5.22. The van der Waals surface area contributed by atoms with E-state index in [9.17, 15) is 0 Å². The molecule has 0 saturated carbocycles. The van der Waals surface area contributed by atoms with E-state index in [0.29, 0.717) is 24.2 Å².